The predicted octanol–water partition coefficient (Wildman–Crippen LogP) is 4.95. The summed E-state index contributed by atoms with van der Waals surface area (Å²) in [7, 11) is 0. The van der Waals surface area contributed by atoms with Crippen LogP contribution in [0, 0.1) is 0 Å². The van der Waals surface area contributed by atoms with Crippen LogP contribution in [0.25, 0.3) is 0 Å². The van der Waals surface area contributed by atoms with E-state index in [-0.39, 0.29) is 12.0 Å². The van der Waals surface area contributed by atoms with Crippen molar-refractivity contribution in [2.24, 2.45) is 0 Å². The molecular formula is C22H26ClNO3. The number of carbonyl (C=O) groups excluding carboxylic acids is 1. The average Bonchev–Trinajstić information content (AvgIpc) is 3.20. The summed E-state index contributed by atoms with van der Waals surface area (Å²) < 4.78 is 11.4. The van der Waals surface area contributed by atoms with E-state index >= 15 is 0 Å². The molecule has 144 valence electrons. The van der Waals surface area contributed by atoms with E-state index in [0.717, 1.165) is 37.2 Å². The molecule has 4 nitrogen and oxygen atoms in total. The number of nitrogens with zero attached hydrogens (tertiary/aromatic N) is 1. The van der Waals surface area contributed by atoms with Gasteiger partial charge in [0.25, 0.3) is 5.91 Å². The summed E-state index contributed by atoms with van der Waals surface area (Å²) in [5.41, 5.74) is 1.68. The van der Waals surface area contributed by atoms with Crippen molar-refractivity contribution in [1.29, 1.82) is 0 Å². The first-order valence-electron chi connectivity index (χ1n) is 9.54. The molecule has 1 fully saturated rings. The molecule has 0 radical (unpaired) electrons. The molecule has 1 unspecified atom stereocenters. The first kappa shape index (κ1) is 19.7. The van der Waals surface area contributed by atoms with E-state index in [1.54, 1.807) is 0 Å². The molecule has 5 heteroatoms. The van der Waals surface area contributed by atoms with Gasteiger partial charge in [0.1, 0.15) is 5.75 Å². The number of halogens is 1. The lowest BCUT2D eigenvalue weighted by atomic mass is 10.1. The lowest BCUT2D eigenvalue weighted by Gasteiger charge is -2.26. The Balaban J connectivity index is 1.77. The van der Waals surface area contributed by atoms with Crippen LogP contribution in [-0.2, 0) is 11.3 Å². The van der Waals surface area contributed by atoms with Gasteiger partial charge in [-0.25, -0.2) is 0 Å². The Labute approximate surface area is 166 Å². The van der Waals surface area contributed by atoms with Crippen LogP contribution in [-0.4, -0.2) is 36.7 Å². The van der Waals surface area contributed by atoms with Gasteiger partial charge in [-0.2, -0.15) is 0 Å². The van der Waals surface area contributed by atoms with Gasteiger partial charge in [-0.1, -0.05) is 36.7 Å². The first-order valence-corrected chi connectivity index (χ1v) is 9.91. The van der Waals surface area contributed by atoms with Gasteiger partial charge < -0.3 is 14.4 Å². The predicted molar refractivity (Wildman–Crippen MR) is 107 cm³/mol. The van der Waals surface area contributed by atoms with E-state index in [9.17, 15) is 4.79 Å². The average molecular weight is 388 g/mol. The quantitative estimate of drug-likeness (QED) is 0.643. The second-order valence-corrected chi connectivity index (χ2v) is 7.26. The summed E-state index contributed by atoms with van der Waals surface area (Å²) in [6.07, 6.45) is 3.07. The number of benzene rings is 2. The minimum Gasteiger partial charge on any atom is -0.494 e. The van der Waals surface area contributed by atoms with E-state index in [2.05, 4.69) is 6.92 Å². The molecule has 1 aliphatic heterocycles. The third-order valence-electron chi connectivity index (χ3n) is 4.58. The minimum absolute atomic E-state index is 0.0117. The van der Waals surface area contributed by atoms with Crippen molar-refractivity contribution in [3.63, 3.8) is 0 Å². The van der Waals surface area contributed by atoms with Crippen molar-refractivity contribution in [2.45, 2.75) is 38.8 Å². The van der Waals surface area contributed by atoms with E-state index in [1.807, 2.05) is 53.4 Å². The summed E-state index contributed by atoms with van der Waals surface area (Å²) in [6.45, 7) is 4.58. The lowest BCUT2D eigenvalue weighted by molar-refractivity contribution is 0.0507. The Hall–Kier alpha value is -2.04. The molecule has 2 aromatic rings. The molecule has 0 N–H and O–H groups in total. The third kappa shape index (κ3) is 5.72. The van der Waals surface area contributed by atoms with Crippen molar-refractivity contribution in [3.05, 3.63) is 64.7 Å². The van der Waals surface area contributed by atoms with Crippen molar-refractivity contribution in [3.8, 4) is 5.75 Å². The number of hydrogen-bond donors (Lipinski definition) is 0. The molecule has 1 atom stereocenters. The van der Waals surface area contributed by atoms with Crippen molar-refractivity contribution in [2.75, 3.05) is 19.8 Å². The van der Waals surface area contributed by atoms with Crippen LogP contribution in [0.1, 0.15) is 42.1 Å². The Bertz CT molecular complexity index is 741. The molecule has 0 saturated carbocycles. The van der Waals surface area contributed by atoms with Gasteiger partial charge in [0.05, 0.1) is 12.7 Å². The zero-order valence-corrected chi connectivity index (χ0v) is 16.5. The summed E-state index contributed by atoms with van der Waals surface area (Å²) in [5.74, 6) is 0.716. The molecule has 1 aliphatic rings. The smallest absolute Gasteiger partial charge is 0.254 e. The highest BCUT2D eigenvalue weighted by molar-refractivity contribution is 6.30. The van der Waals surface area contributed by atoms with E-state index in [4.69, 9.17) is 21.1 Å². The fraction of sp³-hybridized carbons (Fsp3) is 0.409. The maximum Gasteiger partial charge on any atom is 0.254 e. The van der Waals surface area contributed by atoms with Crippen LogP contribution in [0.15, 0.2) is 48.5 Å². The number of rotatable bonds is 8. The fourth-order valence-electron chi connectivity index (χ4n) is 3.19. The van der Waals surface area contributed by atoms with Gasteiger partial charge >= 0.3 is 0 Å². The van der Waals surface area contributed by atoms with Gasteiger partial charge in [0, 0.05) is 30.3 Å². The summed E-state index contributed by atoms with van der Waals surface area (Å²) in [4.78, 5) is 15.1. The highest BCUT2D eigenvalue weighted by atomic mass is 35.5. The Morgan fingerprint density at radius 1 is 1.26 bits per heavy atom. The normalized spacial score (nSPS) is 16.3. The molecule has 0 bridgehead atoms. The van der Waals surface area contributed by atoms with Crippen molar-refractivity contribution >= 4 is 17.5 Å². The Morgan fingerprint density at radius 2 is 2.07 bits per heavy atom. The van der Waals surface area contributed by atoms with Crippen LogP contribution in [0.5, 0.6) is 5.75 Å². The van der Waals surface area contributed by atoms with Gasteiger partial charge in [-0.3, -0.25) is 4.79 Å². The molecule has 1 saturated heterocycles. The topological polar surface area (TPSA) is 38.8 Å². The molecule has 1 amide bonds. The van der Waals surface area contributed by atoms with Crippen LogP contribution >= 0.6 is 11.6 Å². The first-order chi connectivity index (χ1) is 13.2. The number of carbonyl (C=O) groups is 1. The monoisotopic (exact) mass is 387 g/mol. The highest BCUT2D eigenvalue weighted by Gasteiger charge is 2.24. The fourth-order valence-corrected chi connectivity index (χ4v) is 3.31. The van der Waals surface area contributed by atoms with E-state index in [1.165, 1.54) is 0 Å². The third-order valence-corrected chi connectivity index (χ3v) is 4.83. The van der Waals surface area contributed by atoms with Crippen molar-refractivity contribution in [1.82, 2.24) is 4.90 Å². The summed E-state index contributed by atoms with van der Waals surface area (Å²) in [5, 5.41) is 0.691. The van der Waals surface area contributed by atoms with E-state index in [0.29, 0.717) is 30.3 Å². The molecule has 0 aliphatic carbocycles. The molecule has 0 spiro atoms. The van der Waals surface area contributed by atoms with Crippen molar-refractivity contribution < 1.29 is 14.3 Å². The van der Waals surface area contributed by atoms with Gasteiger partial charge in [0.15, 0.2) is 0 Å². The Morgan fingerprint density at radius 3 is 2.78 bits per heavy atom. The van der Waals surface area contributed by atoms with Crippen LogP contribution in [0.3, 0.4) is 0 Å². The maximum atomic E-state index is 13.2. The molecule has 3 rings (SSSR count). The van der Waals surface area contributed by atoms with E-state index < -0.39 is 0 Å². The maximum absolute atomic E-state index is 13.2. The molecule has 2 aromatic carbocycles. The number of ether oxygens (including phenoxy) is 2. The highest BCUT2D eigenvalue weighted by Crippen LogP contribution is 2.20. The lowest BCUT2D eigenvalue weighted by Crippen LogP contribution is -2.37. The van der Waals surface area contributed by atoms with Crippen LogP contribution in [0.2, 0.25) is 5.02 Å². The van der Waals surface area contributed by atoms with Crippen LogP contribution in [0.4, 0.5) is 0 Å². The zero-order valence-electron chi connectivity index (χ0n) is 15.7. The summed E-state index contributed by atoms with van der Waals surface area (Å²) in [6, 6.07) is 15.0. The Kier molecular flexibility index (Phi) is 7.13. The van der Waals surface area contributed by atoms with Gasteiger partial charge in [-0.05, 0) is 55.2 Å². The standard InChI is InChI=1S/C22H26ClNO3/c1-2-12-26-20-6-3-5-18(14-20)22(25)24(16-21-7-4-13-27-21)15-17-8-10-19(23)11-9-17/h3,5-6,8-11,14,21H,2,4,7,12-13,15-16H2,1H3. The molecule has 0 aromatic heterocycles. The molecule has 1 heterocycles. The largest absolute Gasteiger partial charge is 0.494 e. The van der Waals surface area contributed by atoms with Gasteiger partial charge in [0.2, 0.25) is 0 Å². The second-order valence-electron chi connectivity index (χ2n) is 6.82. The zero-order chi connectivity index (χ0) is 19.1. The SMILES string of the molecule is CCCOc1cccc(C(=O)N(Cc2ccc(Cl)cc2)CC2CCCO2)c1. The minimum atomic E-state index is -0.0117. The number of hydrogen-bond acceptors (Lipinski definition) is 3. The van der Waals surface area contributed by atoms with Gasteiger partial charge in [-0.15, -0.1) is 0 Å². The number of amides is 1. The summed E-state index contributed by atoms with van der Waals surface area (Å²) >= 11 is 5.99. The second kappa shape index (κ2) is 9.77. The molecule has 27 heavy (non-hydrogen) atoms. The molecular weight excluding hydrogens is 362 g/mol. The van der Waals surface area contributed by atoms with Crippen LogP contribution < -0.4 is 4.74 Å².